The molecule has 1 aliphatic heterocycles. The Labute approximate surface area is 162 Å². The highest BCUT2D eigenvalue weighted by Gasteiger charge is 2.29. The molecule has 2 heterocycles. The monoisotopic (exact) mass is 389 g/mol. The number of likely N-dealkylation sites (tertiary alicyclic amines) is 1. The first-order valence-electron chi connectivity index (χ1n) is 9.01. The van der Waals surface area contributed by atoms with E-state index in [4.69, 9.17) is 4.74 Å². The van der Waals surface area contributed by atoms with Gasteiger partial charge in [0.15, 0.2) is 0 Å². The summed E-state index contributed by atoms with van der Waals surface area (Å²) in [7, 11) is 0. The third kappa shape index (κ3) is 4.65. The molecule has 27 heavy (non-hydrogen) atoms. The smallest absolute Gasteiger partial charge is 0.310 e. The maximum absolute atomic E-state index is 12.6. The molecule has 1 aromatic carbocycles. The Balaban J connectivity index is 1.61. The van der Waals surface area contributed by atoms with Gasteiger partial charge in [0.05, 0.1) is 24.0 Å². The number of benzene rings is 1. The van der Waals surface area contributed by atoms with Gasteiger partial charge in [-0.2, -0.15) is 4.68 Å². The van der Waals surface area contributed by atoms with Gasteiger partial charge >= 0.3 is 5.97 Å². The van der Waals surface area contributed by atoms with Crippen molar-refractivity contribution in [3.05, 3.63) is 29.8 Å². The van der Waals surface area contributed by atoms with Gasteiger partial charge in [-0.1, -0.05) is 30.0 Å². The Kier molecular flexibility index (Phi) is 6.44. The van der Waals surface area contributed by atoms with E-state index in [1.54, 1.807) is 16.5 Å². The second-order valence-corrected chi connectivity index (χ2v) is 7.32. The van der Waals surface area contributed by atoms with Crippen LogP contribution in [0.25, 0.3) is 5.69 Å². The fourth-order valence-corrected chi connectivity index (χ4v) is 3.88. The Morgan fingerprint density at radius 2 is 2.15 bits per heavy atom. The molecule has 1 atom stereocenters. The number of carbonyl (C=O) groups is 2. The molecule has 0 N–H and O–H groups in total. The number of tetrazole rings is 1. The predicted octanol–water partition coefficient (Wildman–Crippen LogP) is 1.86. The summed E-state index contributed by atoms with van der Waals surface area (Å²) in [6.45, 7) is 5.22. The van der Waals surface area contributed by atoms with E-state index < -0.39 is 0 Å². The van der Waals surface area contributed by atoms with Crippen LogP contribution in [0.5, 0.6) is 0 Å². The minimum Gasteiger partial charge on any atom is -0.466 e. The highest BCUT2D eigenvalue weighted by Crippen LogP contribution is 2.23. The summed E-state index contributed by atoms with van der Waals surface area (Å²) in [5.41, 5.74) is 1.93. The minimum atomic E-state index is -0.232. The predicted molar refractivity (Wildman–Crippen MR) is 101 cm³/mol. The number of nitrogens with zero attached hydrogens (tertiary/aromatic N) is 5. The van der Waals surface area contributed by atoms with Crippen LogP contribution in [0.4, 0.5) is 0 Å². The number of ether oxygens (including phenoxy) is 1. The van der Waals surface area contributed by atoms with Crippen molar-refractivity contribution >= 4 is 23.6 Å². The standard InChI is InChI=1S/C18H23N5O3S/c1-3-26-17(25)14-8-6-10-22(11-14)16(24)12-27-18-19-20-21-23(18)15-9-5-4-7-13(15)2/h4-5,7,9,14H,3,6,8,10-12H2,1-2H3/t14-/m1/s1. The summed E-state index contributed by atoms with van der Waals surface area (Å²) >= 11 is 1.30. The lowest BCUT2D eigenvalue weighted by molar-refractivity contribution is -0.151. The molecule has 0 unspecified atom stereocenters. The Bertz CT molecular complexity index is 810. The van der Waals surface area contributed by atoms with Crippen LogP contribution in [0, 0.1) is 12.8 Å². The molecule has 0 bridgehead atoms. The number of aromatic nitrogens is 4. The van der Waals surface area contributed by atoms with Gasteiger partial charge in [0.1, 0.15) is 0 Å². The summed E-state index contributed by atoms with van der Waals surface area (Å²) in [6.07, 6.45) is 1.57. The molecule has 9 heteroatoms. The number of piperidine rings is 1. The molecule has 1 fully saturated rings. The Morgan fingerprint density at radius 3 is 2.93 bits per heavy atom. The minimum absolute atomic E-state index is 0.0201. The van der Waals surface area contributed by atoms with Crippen LogP contribution in [-0.2, 0) is 14.3 Å². The van der Waals surface area contributed by atoms with E-state index >= 15 is 0 Å². The normalized spacial score (nSPS) is 17.0. The van der Waals surface area contributed by atoms with E-state index in [1.807, 2.05) is 31.2 Å². The number of aryl methyl sites for hydroxylation is 1. The number of hydrogen-bond donors (Lipinski definition) is 0. The molecule has 1 amide bonds. The van der Waals surface area contributed by atoms with Crippen LogP contribution in [0.2, 0.25) is 0 Å². The molecule has 8 nitrogen and oxygen atoms in total. The first kappa shape index (κ1) is 19.3. The Morgan fingerprint density at radius 1 is 1.33 bits per heavy atom. The lowest BCUT2D eigenvalue weighted by Crippen LogP contribution is -2.43. The Hall–Kier alpha value is -2.42. The average molecular weight is 389 g/mol. The zero-order valence-electron chi connectivity index (χ0n) is 15.5. The topological polar surface area (TPSA) is 90.2 Å². The van der Waals surface area contributed by atoms with Gasteiger partial charge < -0.3 is 9.64 Å². The van der Waals surface area contributed by atoms with Gasteiger partial charge in [0, 0.05) is 13.1 Å². The van der Waals surface area contributed by atoms with E-state index in [1.165, 1.54) is 11.8 Å². The van der Waals surface area contributed by atoms with Gasteiger partial charge in [-0.3, -0.25) is 9.59 Å². The average Bonchev–Trinajstić information content (AvgIpc) is 3.15. The molecule has 1 saturated heterocycles. The lowest BCUT2D eigenvalue weighted by atomic mass is 9.98. The van der Waals surface area contributed by atoms with Crippen LogP contribution in [0.15, 0.2) is 29.4 Å². The summed E-state index contributed by atoms with van der Waals surface area (Å²) in [5, 5.41) is 12.4. The van der Waals surface area contributed by atoms with Gasteiger partial charge in [0.2, 0.25) is 11.1 Å². The third-order valence-electron chi connectivity index (χ3n) is 4.50. The second kappa shape index (κ2) is 8.98. The van der Waals surface area contributed by atoms with Gasteiger partial charge in [0.25, 0.3) is 0 Å². The van der Waals surface area contributed by atoms with Crippen LogP contribution < -0.4 is 0 Å². The van der Waals surface area contributed by atoms with Gasteiger partial charge in [-0.15, -0.1) is 5.10 Å². The highest BCUT2D eigenvalue weighted by atomic mass is 32.2. The van der Waals surface area contributed by atoms with Crippen molar-refractivity contribution in [1.29, 1.82) is 0 Å². The largest absolute Gasteiger partial charge is 0.466 e. The zero-order chi connectivity index (χ0) is 19.2. The van der Waals surface area contributed by atoms with E-state index in [0.717, 1.165) is 24.1 Å². The van der Waals surface area contributed by atoms with Gasteiger partial charge in [-0.05, 0) is 48.7 Å². The summed E-state index contributed by atoms with van der Waals surface area (Å²) in [6, 6.07) is 7.80. The van der Waals surface area contributed by atoms with Crippen molar-refractivity contribution in [2.75, 3.05) is 25.4 Å². The van der Waals surface area contributed by atoms with E-state index in [0.29, 0.717) is 24.9 Å². The highest BCUT2D eigenvalue weighted by molar-refractivity contribution is 7.99. The lowest BCUT2D eigenvalue weighted by Gasteiger charge is -2.31. The fourth-order valence-electron chi connectivity index (χ4n) is 3.09. The maximum Gasteiger partial charge on any atom is 0.310 e. The summed E-state index contributed by atoms with van der Waals surface area (Å²) in [4.78, 5) is 26.3. The van der Waals surface area contributed by atoms with Crippen molar-refractivity contribution < 1.29 is 14.3 Å². The molecule has 144 valence electrons. The van der Waals surface area contributed by atoms with E-state index in [9.17, 15) is 9.59 Å². The second-order valence-electron chi connectivity index (χ2n) is 6.38. The molecule has 0 spiro atoms. The maximum atomic E-state index is 12.6. The molecule has 1 aliphatic rings. The van der Waals surface area contributed by atoms with Crippen molar-refractivity contribution in [3.8, 4) is 5.69 Å². The molecular formula is C18H23N5O3S. The summed E-state index contributed by atoms with van der Waals surface area (Å²) < 4.78 is 6.74. The number of hydrogen-bond acceptors (Lipinski definition) is 7. The molecule has 2 aromatic rings. The van der Waals surface area contributed by atoms with Gasteiger partial charge in [-0.25, -0.2) is 0 Å². The van der Waals surface area contributed by atoms with Crippen LogP contribution in [-0.4, -0.2) is 62.4 Å². The first-order valence-corrected chi connectivity index (χ1v) is 10.00. The quantitative estimate of drug-likeness (QED) is 0.550. The van der Waals surface area contributed by atoms with Crippen molar-refractivity contribution in [3.63, 3.8) is 0 Å². The SMILES string of the molecule is CCOC(=O)[C@@H]1CCCN(C(=O)CSc2nnnn2-c2ccccc2C)C1. The molecule has 0 saturated carbocycles. The zero-order valence-corrected chi connectivity index (χ0v) is 16.3. The molecule has 0 aliphatic carbocycles. The summed E-state index contributed by atoms with van der Waals surface area (Å²) in [5.74, 6) is -0.244. The van der Waals surface area contributed by atoms with E-state index in [2.05, 4.69) is 15.5 Å². The molecule has 1 aromatic heterocycles. The molecule has 3 rings (SSSR count). The first-order chi connectivity index (χ1) is 13.1. The molecular weight excluding hydrogens is 366 g/mol. The van der Waals surface area contributed by atoms with Crippen molar-refractivity contribution in [2.24, 2.45) is 5.92 Å². The number of amides is 1. The van der Waals surface area contributed by atoms with Crippen LogP contribution in [0.3, 0.4) is 0 Å². The molecule has 0 radical (unpaired) electrons. The van der Waals surface area contributed by atoms with Crippen LogP contribution >= 0.6 is 11.8 Å². The number of rotatable bonds is 6. The number of carbonyl (C=O) groups excluding carboxylic acids is 2. The van der Waals surface area contributed by atoms with Crippen molar-refractivity contribution in [1.82, 2.24) is 25.1 Å². The third-order valence-corrected chi connectivity index (χ3v) is 5.41. The number of para-hydroxylation sites is 1. The fraction of sp³-hybridized carbons (Fsp3) is 0.500. The number of esters is 1. The van der Waals surface area contributed by atoms with E-state index in [-0.39, 0.29) is 23.5 Å². The van der Waals surface area contributed by atoms with Crippen molar-refractivity contribution in [2.45, 2.75) is 31.8 Å². The number of thioether (sulfide) groups is 1. The van der Waals surface area contributed by atoms with Crippen LogP contribution in [0.1, 0.15) is 25.3 Å².